The predicted octanol–water partition coefficient (Wildman–Crippen LogP) is 0.922. The molecule has 0 aliphatic carbocycles. The van der Waals surface area contributed by atoms with E-state index in [1.165, 1.54) is 4.57 Å². The maximum Gasteiger partial charge on any atom is 0.442 e. The topological polar surface area (TPSA) is 105 Å². The first-order chi connectivity index (χ1) is 11.8. The van der Waals surface area contributed by atoms with Crippen LogP contribution in [0.1, 0.15) is 5.56 Å². The van der Waals surface area contributed by atoms with Gasteiger partial charge in [-0.3, -0.25) is 9.09 Å². The van der Waals surface area contributed by atoms with Crippen molar-refractivity contribution in [3.8, 4) is 17.5 Å². The number of aromatic nitrogens is 7. The SMILES string of the molecule is O=c1onc(-c2ncccn2)n1Cc1ccc(-n2ccnc2)nc1. The van der Waals surface area contributed by atoms with Crippen molar-refractivity contribution < 1.29 is 4.52 Å². The fourth-order valence-electron chi connectivity index (χ4n) is 2.22. The number of imidazole rings is 1. The lowest BCUT2D eigenvalue weighted by Crippen LogP contribution is -2.17. The molecule has 0 aromatic carbocycles. The highest BCUT2D eigenvalue weighted by molar-refractivity contribution is 5.41. The van der Waals surface area contributed by atoms with E-state index >= 15 is 0 Å². The number of nitrogens with zero attached hydrogens (tertiary/aromatic N) is 7. The van der Waals surface area contributed by atoms with Crippen molar-refractivity contribution in [1.29, 1.82) is 0 Å². The first-order valence-corrected chi connectivity index (χ1v) is 7.08. The summed E-state index contributed by atoms with van der Waals surface area (Å²) >= 11 is 0. The van der Waals surface area contributed by atoms with E-state index in [2.05, 4.69) is 25.1 Å². The molecular weight excluding hydrogens is 310 g/mol. The highest BCUT2D eigenvalue weighted by Gasteiger charge is 2.15. The molecule has 0 amide bonds. The number of hydrogen-bond donors (Lipinski definition) is 0. The Hall–Kier alpha value is -3.62. The highest BCUT2D eigenvalue weighted by atomic mass is 16.5. The molecule has 4 aromatic rings. The van der Waals surface area contributed by atoms with Gasteiger partial charge >= 0.3 is 5.76 Å². The molecule has 0 radical (unpaired) electrons. The molecule has 4 aromatic heterocycles. The minimum absolute atomic E-state index is 0.257. The van der Waals surface area contributed by atoms with Gasteiger partial charge in [0.2, 0.25) is 5.82 Å². The van der Waals surface area contributed by atoms with E-state index in [0.29, 0.717) is 5.82 Å². The van der Waals surface area contributed by atoms with E-state index < -0.39 is 5.76 Å². The van der Waals surface area contributed by atoms with Crippen LogP contribution in [0.25, 0.3) is 17.5 Å². The molecule has 9 nitrogen and oxygen atoms in total. The smallest absolute Gasteiger partial charge is 0.295 e. The minimum atomic E-state index is -0.573. The monoisotopic (exact) mass is 321 g/mol. The Morgan fingerprint density at radius 3 is 2.67 bits per heavy atom. The molecule has 0 fully saturated rings. The molecule has 0 spiro atoms. The molecule has 118 valence electrons. The summed E-state index contributed by atoms with van der Waals surface area (Å²) < 4.78 is 7.90. The van der Waals surface area contributed by atoms with E-state index in [-0.39, 0.29) is 12.4 Å². The van der Waals surface area contributed by atoms with E-state index in [1.54, 1.807) is 47.9 Å². The zero-order valence-electron chi connectivity index (χ0n) is 12.4. The summed E-state index contributed by atoms with van der Waals surface area (Å²) in [6.07, 6.45) is 9.98. The quantitative estimate of drug-likeness (QED) is 0.550. The molecule has 0 atom stereocenters. The largest absolute Gasteiger partial charge is 0.442 e. The Kier molecular flexibility index (Phi) is 3.43. The van der Waals surface area contributed by atoms with E-state index in [1.807, 2.05) is 12.1 Å². The fourth-order valence-corrected chi connectivity index (χ4v) is 2.22. The average Bonchev–Trinajstić information content (AvgIpc) is 3.28. The van der Waals surface area contributed by atoms with Gasteiger partial charge in [-0.15, -0.1) is 0 Å². The van der Waals surface area contributed by atoms with Crippen molar-refractivity contribution in [2.75, 3.05) is 0 Å². The third kappa shape index (κ3) is 2.58. The summed E-state index contributed by atoms with van der Waals surface area (Å²) in [5, 5.41) is 3.76. The standard InChI is InChI=1S/C15H11N7O2/c23-15-22(14(20-24-15)13-17-4-1-5-18-13)9-11-2-3-12(19-8-11)21-7-6-16-10-21/h1-8,10H,9H2. The van der Waals surface area contributed by atoms with Gasteiger partial charge in [0.05, 0.1) is 6.54 Å². The second kappa shape index (κ2) is 5.88. The predicted molar refractivity (Wildman–Crippen MR) is 82.3 cm³/mol. The first kappa shape index (κ1) is 14.0. The minimum Gasteiger partial charge on any atom is -0.295 e. The maximum absolute atomic E-state index is 11.9. The third-order valence-electron chi connectivity index (χ3n) is 3.37. The average molecular weight is 321 g/mol. The normalized spacial score (nSPS) is 10.8. The molecule has 0 N–H and O–H groups in total. The second-order valence-corrected chi connectivity index (χ2v) is 4.93. The van der Waals surface area contributed by atoms with Gasteiger partial charge in [0.15, 0.2) is 5.82 Å². The van der Waals surface area contributed by atoms with Gasteiger partial charge in [-0.1, -0.05) is 11.2 Å². The lowest BCUT2D eigenvalue weighted by molar-refractivity contribution is 0.378. The Labute approximate surface area is 135 Å². The Balaban J connectivity index is 1.64. The summed E-state index contributed by atoms with van der Waals surface area (Å²) in [4.78, 5) is 28.4. The van der Waals surface area contributed by atoms with E-state index in [0.717, 1.165) is 11.4 Å². The molecule has 0 aliphatic heterocycles. The molecule has 4 heterocycles. The van der Waals surface area contributed by atoms with Gasteiger partial charge in [0, 0.05) is 31.0 Å². The van der Waals surface area contributed by atoms with Crippen LogP contribution in [0.2, 0.25) is 0 Å². The van der Waals surface area contributed by atoms with Crippen LogP contribution >= 0.6 is 0 Å². The molecule has 24 heavy (non-hydrogen) atoms. The Bertz CT molecular complexity index is 989. The molecule has 9 heteroatoms. The molecular formula is C15H11N7O2. The number of pyridine rings is 1. The Morgan fingerprint density at radius 1 is 1.08 bits per heavy atom. The van der Waals surface area contributed by atoms with Gasteiger partial charge in [-0.2, -0.15) is 0 Å². The highest BCUT2D eigenvalue weighted by Crippen LogP contribution is 2.12. The van der Waals surface area contributed by atoms with E-state index in [4.69, 9.17) is 4.52 Å². The maximum atomic E-state index is 11.9. The van der Waals surface area contributed by atoms with Gasteiger partial charge in [0.1, 0.15) is 12.1 Å². The van der Waals surface area contributed by atoms with Crippen LogP contribution in [-0.4, -0.2) is 34.2 Å². The summed E-state index contributed by atoms with van der Waals surface area (Å²) in [5.41, 5.74) is 0.821. The van der Waals surface area contributed by atoms with Crippen LogP contribution in [0.4, 0.5) is 0 Å². The molecule has 4 rings (SSSR count). The van der Waals surface area contributed by atoms with Crippen molar-refractivity contribution in [3.63, 3.8) is 0 Å². The lowest BCUT2D eigenvalue weighted by atomic mass is 10.2. The van der Waals surface area contributed by atoms with Crippen LogP contribution < -0.4 is 5.76 Å². The summed E-state index contributed by atoms with van der Waals surface area (Å²) in [5.74, 6) is 0.766. The van der Waals surface area contributed by atoms with Crippen LogP contribution in [0.15, 0.2) is 64.8 Å². The molecule has 0 unspecified atom stereocenters. The van der Waals surface area contributed by atoms with Crippen molar-refractivity contribution in [2.45, 2.75) is 6.54 Å². The van der Waals surface area contributed by atoms with Crippen LogP contribution in [0.5, 0.6) is 0 Å². The molecule has 0 saturated heterocycles. The lowest BCUT2D eigenvalue weighted by Gasteiger charge is -2.05. The summed E-state index contributed by atoms with van der Waals surface area (Å²) in [6.45, 7) is 0.257. The van der Waals surface area contributed by atoms with Crippen molar-refractivity contribution in [3.05, 3.63) is 71.6 Å². The first-order valence-electron chi connectivity index (χ1n) is 7.08. The van der Waals surface area contributed by atoms with Crippen LogP contribution in [0.3, 0.4) is 0 Å². The van der Waals surface area contributed by atoms with Gasteiger partial charge < -0.3 is 0 Å². The number of hydrogen-bond acceptors (Lipinski definition) is 7. The van der Waals surface area contributed by atoms with Gasteiger partial charge in [0.25, 0.3) is 0 Å². The van der Waals surface area contributed by atoms with Crippen LogP contribution in [-0.2, 0) is 6.54 Å². The van der Waals surface area contributed by atoms with Gasteiger partial charge in [-0.25, -0.2) is 29.3 Å². The van der Waals surface area contributed by atoms with Gasteiger partial charge in [-0.05, 0) is 17.7 Å². The zero-order valence-corrected chi connectivity index (χ0v) is 12.4. The second-order valence-electron chi connectivity index (χ2n) is 4.93. The van der Waals surface area contributed by atoms with Crippen molar-refractivity contribution in [2.24, 2.45) is 0 Å². The Morgan fingerprint density at radius 2 is 1.96 bits per heavy atom. The molecule has 0 saturated carbocycles. The van der Waals surface area contributed by atoms with Crippen LogP contribution in [0, 0.1) is 0 Å². The third-order valence-corrected chi connectivity index (χ3v) is 3.37. The zero-order chi connectivity index (χ0) is 16.4. The molecule has 0 aliphatic rings. The summed E-state index contributed by atoms with van der Waals surface area (Å²) in [6, 6.07) is 5.40. The van der Waals surface area contributed by atoms with Crippen molar-refractivity contribution in [1.82, 2.24) is 34.2 Å². The van der Waals surface area contributed by atoms with E-state index in [9.17, 15) is 4.79 Å². The fraction of sp³-hybridized carbons (Fsp3) is 0.0667. The number of rotatable bonds is 4. The summed E-state index contributed by atoms with van der Waals surface area (Å²) in [7, 11) is 0. The molecule has 0 bridgehead atoms. The van der Waals surface area contributed by atoms with Crippen molar-refractivity contribution >= 4 is 0 Å².